The van der Waals surface area contributed by atoms with Crippen LogP contribution in [0.5, 0.6) is 0 Å². The molecule has 1 unspecified atom stereocenters. The number of rotatable bonds is 6. The highest BCUT2D eigenvalue weighted by atomic mass is 19.1. The minimum absolute atomic E-state index is 0.323. The molecule has 0 aromatic heterocycles. The van der Waals surface area contributed by atoms with Gasteiger partial charge >= 0.3 is 12.0 Å². The van der Waals surface area contributed by atoms with Gasteiger partial charge in [0.1, 0.15) is 5.82 Å². The Balaban J connectivity index is 1.56. The number of guanidine groups is 1. The lowest BCUT2D eigenvalue weighted by Gasteiger charge is -2.31. The Morgan fingerprint density at radius 2 is 1.81 bits per heavy atom. The molecule has 1 saturated heterocycles. The highest BCUT2D eigenvalue weighted by Gasteiger charge is 2.51. The topological polar surface area (TPSA) is 80.4 Å². The first-order valence-electron chi connectivity index (χ1n) is 10.3. The summed E-state index contributed by atoms with van der Waals surface area (Å²) in [4.78, 5) is 32.3. The number of imide groups is 1. The zero-order chi connectivity index (χ0) is 22.7. The Bertz CT molecular complexity index is 1110. The van der Waals surface area contributed by atoms with E-state index in [-0.39, 0.29) is 11.7 Å². The van der Waals surface area contributed by atoms with Gasteiger partial charge in [-0.2, -0.15) is 5.43 Å². The van der Waals surface area contributed by atoms with E-state index in [1.54, 1.807) is 25.4 Å². The van der Waals surface area contributed by atoms with Crippen molar-refractivity contribution >= 4 is 29.9 Å². The van der Waals surface area contributed by atoms with Crippen LogP contribution >= 0.6 is 0 Å². The standard InChI is InChI=1S/C23H23FN6O2/c1-28-20-19(21(31)29(2)23(28)32)30(14-6-9-16-7-4-3-5-8-16)22(26-20)27-25-15-17-10-12-18(24)13-11-17/h3-5,7-8,10-13,15,19H,6,9,14H2,1-2H3/p+1/b25-15+. The number of aliphatic imine (C=N–C) groups is 1. The number of amidine groups is 1. The number of amides is 3. The molecule has 1 fully saturated rings. The molecule has 0 spiro atoms. The molecule has 2 aromatic carbocycles. The number of hydrogen-bond acceptors (Lipinski definition) is 5. The molecule has 0 bridgehead atoms. The maximum atomic E-state index is 13.1. The minimum atomic E-state index is -0.693. The third-order valence-electron chi connectivity index (χ3n) is 5.49. The number of aryl methyl sites for hydroxylation is 1. The van der Waals surface area contributed by atoms with Crippen LogP contribution in [-0.4, -0.2) is 71.0 Å². The summed E-state index contributed by atoms with van der Waals surface area (Å²) in [5, 5.41) is 4.20. The van der Waals surface area contributed by atoms with Crippen LogP contribution in [0.25, 0.3) is 0 Å². The first-order valence-corrected chi connectivity index (χ1v) is 10.3. The Morgan fingerprint density at radius 1 is 1.09 bits per heavy atom. The van der Waals surface area contributed by atoms with E-state index in [0.717, 1.165) is 17.7 Å². The van der Waals surface area contributed by atoms with E-state index in [1.165, 1.54) is 29.6 Å². The molecule has 1 atom stereocenters. The SMILES string of the molecule is CN1C(=O)C2C(=NC(N/N=C/c3ccc(F)cc3)=[N+]2CCCc2ccccc2)N(C)C1=O. The molecule has 2 aliphatic rings. The van der Waals surface area contributed by atoms with Gasteiger partial charge in [-0.3, -0.25) is 14.6 Å². The van der Waals surface area contributed by atoms with E-state index < -0.39 is 12.1 Å². The molecule has 164 valence electrons. The average Bonchev–Trinajstić information content (AvgIpc) is 3.17. The Kier molecular flexibility index (Phi) is 6.07. The smallest absolute Gasteiger partial charge is 0.270 e. The van der Waals surface area contributed by atoms with Crippen LogP contribution in [0.2, 0.25) is 0 Å². The van der Waals surface area contributed by atoms with Crippen molar-refractivity contribution in [3.63, 3.8) is 0 Å². The van der Waals surface area contributed by atoms with Crippen molar-refractivity contribution in [2.45, 2.75) is 18.9 Å². The summed E-state index contributed by atoms with van der Waals surface area (Å²) in [5.74, 6) is 0.110. The van der Waals surface area contributed by atoms with Gasteiger partial charge in [-0.05, 0) is 36.1 Å². The van der Waals surface area contributed by atoms with Crippen molar-refractivity contribution < 1.29 is 18.6 Å². The highest BCUT2D eigenvalue weighted by Crippen LogP contribution is 2.19. The summed E-state index contributed by atoms with van der Waals surface area (Å²) in [6.45, 7) is 0.544. The number of likely N-dealkylation sites (N-methyl/N-ethyl adjacent to an activating group) is 2. The third kappa shape index (κ3) is 4.27. The van der Waals surface area contributed by atoms with Gasteiger partial charge in [0.05, 0.1) is 12.8 Å². The molecule has 0 aliphatic carbocycles. The van der Waals surface area contributed by atoms with E-state index in [9.17, 15) is 14.0 Å². The summed E-state index contributed by atoms with van der Waals surface area (Å²) >= 11 is 0. The second-order valence-electron chi connectivity index (χ2n) is 7.64. The Hall–Kier alpha value is -3.88. The zero-order valence-electron chi connectivity index (χ0n) is 17.9. The lowest BCUT2D eigenvalue weighted by Crippen LogP contribution is -2.61. The first-order chi connectivity index (χ1) is 15.5. The molecule has 9 heteroatoms. The van der Waals surface area contributed by atoms with Crippen molar-refractivity contribution in [2.75, 3.05) is 20.6 Å². The molecule has 1 N–H and O–H groups in total. The molecule has 8 nitrogen and oxygen atoms in total. The van der Waals surface area contributed by atoms with Gasteiger partial charge in [-0.25, -0.2) is 13.8 Å². The van der Waals surface area contributed by atoms with E-state index in [0.29, 0.717) is 23.9 Å². The van der Waals surface area contributed by atoms with Gasteiger partial charge in [0, 0.05) is 14.1 Å². The number of urea groups is 1. The van der Waals surface area contributed by atoms with Crippen LogP contribution in [0.4, 0.5) is 9.18 Å². The number of fused-ring (bicyclic) bond motifs is 1. The van der Waals surface area contributed by atoms with Crippen molar-refractivity contribution in [2.24, 2.45) is 10.1 Å². The predicted octanol–water partition coefficient (Wildman–Crippen LogP) is 2.06. The number of hydrazone groups is 1. The zero-order valence-corrected chi connectivity index (χ0v) is 17.9. The fraction of sp³-hybridized carbons (Fsp3) is 0.261. The fourth-order valence-corrected chi connectivity index (χ4v) is 3.73. The molecule has 0 radical (unpaired) electrons. The molecule has 2 heterocycles. The van der Waals surface area contributed by atoms with Gasteiger partial charge < -0.3 is 0 Å². The van der Waals surface area contributed by atoms with Crippen LogP contribution in [-0.2, 0) is 11.2 Å². The summed E-state index contributed by atoms with van der Waals surface area (Å²) in [6.07, 6.45) is 3.16. The van der Waals surface area contributed by atoms with Gasteiger partial charge in [-0.1, -0.05) is 47.5 Å². The van der Waals surface area contributed by atoms with E-state index in [2.05, 4.69) is 27.7 Å². The maximum Gasteiger partial charge on any atom is 0.413 e. The Morgan fingerprint density at radius 3 is 2.53 bits per heavy atom. The normalized spacial score (nSPS) is 18.5. The van der Waals surface area contributed by atoms with Crippen molar-refractivity contribution in [3.05, 3.63) is 71.5 Å². The molecule has 2 aliphatic heterocycles. The van der Waals surface area contributed by atoms with Crippen LogP contribution in [0, 0.1) is 5.82 Å². The van der Waals surface area contributed by atoms with Gasteiger partial charge in [-0.15, -0.1) is 5.10 Å². The van der Waals surface area contributed by atoms with E-state index in [1.807, 2.05) is 22.8 Å². The molecule has 3 amide bonds. The van der Waals surface area contributed by atoms with E-state index >= 15 is 0 Å². The maximum absolute atomic E-state index is 13.1. The number of carbonyl (C=O) groups is 2. The summed E-state index contributed by atoms with van der Waals surface area (Å²) in [6, 6.07) is 14.9. The fourth-order valence-electron chi connectivity index (χ4n) is 3.73. The highest BCUT2D eigenvalue weighted by molar-refractivity contribution is 6.22. The largest absolute Gasteiger partial charge is 0.413 e. The van der Waals surface area contributed by atoms with Crippen LogP contribution in [0.3, 0.4) is 0 Å². The number of hydrogen-bond donors (Lipinski definition) is 1. The third-order valence-corrected chi connectivity index (χ3v) is 5.49. The molecule has 32 heavy (non-hydrogen) atoms. The van der Waals surface area contributed by atoms with E-state index in [4.69, 9.17) is 0 Å². The molecular weight excluding hydrogens is 411 g/mol. The minimum Gasteiger partial charge on any atom is -0.270 e. The summed E-state index contributed by atoms with van der Waals surface area (Å²) < 4.78 is 14.9. The summed E-state index contributed by atoms with van der Waals surface area (Å²) in [7, 11) is 3.07. The number of nitrogens with zero attached hydrogens (tertiary/aromatic N) is 5. The summed E-state index contributed by atoms with van der Waals surface area (Å²) in [5.41, 5.74) is 4.81. The van der Waals surface area contributed by atoms with Crippen molar-refractivity contribution in [1.29, 1.82) is 0 Å². The number of nitrogens with one attached hydrogen (secondary N) is 1. The van der Waals surface area contributed by atoms with Gasteiger partial charge in [0.2, 0.25) is 11.9 Å². The molecular formula is C23H24FN6O2+. The predicted molar refractivity (Wildman–Crippen MR) is 119 cm³/mol. The monoisotopic (exact) mass is 435 g/mol. The number of halogens is 1. The number of benzene rings is 2. The van der Waals surface area contributed by atoms with Crippen molar-refractivity contribution in [1.82, 2.24) is 15.2 Å². The lowest BCUT2D eigenvalue weighted by atomic mass is 10.1. The molecule has 2 aromatic rings. The van der Waals surface area contributed by atoms with Crippen LogP contribution in [0.15, 0.2) is 64.7 Å². The van der Waals surface area contributed by atoms with Gasteiger partial charge in [0.15, 0.2) is 0 Å². The average molecular weight is 435 g/mol. The van der Waals surface area contributed by atoms with Crippen molar-refractivity contribution in [3.8, 4) is 0 Å². The first kappa shape index (κ1) is 21.4. The second-order valence-corrected chi connectivity index (χ2v) is 7.64. The Labute approximate surface area is 185 Å². The quantitative estimate of drug-likeness (QED) is 0.429. The van der Waals surface area contributed by atoms with Crippen LogP contribution in [0.1, 0.15) is 17.5 Å². The lowest BCUT2D eigenvalue weighted by molar-refractivity contribution is -0.537. The van der Waals surface area contributed by atoms with Crippen LogP contribution < -0.4 is 5.43 Å². The second kappa shape index (κ2) is 9.09. The molecule has 4 rings (SSSR count). The number of carbonyl (C=O) groups excluding carboxylic acids is 2. The molecule has 0 saturated carbocycles. The van der Waals surface area contributed by atoms with Gasteiger partial charge in [0.25, 0.3) is 5.91 Å².